The van der Waals surface area contributed by atoms with Gasteiger partial charge in [-0.1, -0.05) is 6.92 Å². The molecule has 1 aliphatic rings. The molecule has 1 rings (SSSR count). The molecule has 2 amide bonds. The summed E-state index contributed by atoms with van der Waals surface area (Å²) in [6.45, 7) is 5.32. The molecule has 1 saturated heterocycles. The lowest BCUT2D eigenvalue weighted by Gasteiger charge is -2.38. The predicted octanol–water partition coefficient (Wildman–Crippen LogP) is 0.990. The van der Waals surface area contributed by atoms with Crippen molar-refractivity contribution < 1.29 is 4.79 Å². The Balaban J connectivity index is 2.34. The van der Waals surface area contributed by atoms with E-state index in [-0.39, 0.29) is 11.4 Å². The highest BCUT2D eigenvalue weighted by Crippen LogP contribution is 2.29. The van der Waals surface area contributed by atoms with Crippen molar-refractivity contribution in [3.05, 3.63) is 0 Å². The summed E-state index contributed by atoms with van der Waals surface area (Å²) in [6.07, 6.45) is 2.33. The Hall–Kier alpha value is -0.770. The Morgan fingerprint density at radius 3 is 2.40 bits per heavy atom. The Kier molecular flexibility index (Phi) is 3.97. The van der Waals surface area contributed by atoms with Crippen molar-refractivity contribution in [1.82, 2.24) is 15.1 Å². The van der Waals surface area contributed by atoms with Gasteiger partial charge in [-0.15, -0.1) is 0 Å². The van der Waals surface area contributed by atoms with Gasteiger partial charge < -0.3 is 15.1 Å². The van der Waals surface area contributed by atoms with Crippen molar-refractivity contribution in [3.8, 4) is 0 Å². The molecule has 0 aliphatic carbocycles. The fraction of sp³-hybridized carbons (Fsp3) is 0.909. The van der Waals surface area contributed by atoms with E-state index in [2.05, 4.69) is 24.2 Å². The van der Waals surface area contributed by atoms with E-state index in [1.54, 1.807) is 19.0 Å². The predicted molar refractivity (Wildman–Crippen MR) is 61.9 cm³/mol. The van der Waals surface area contributed by atoms with Crippen molar-refractivity contribution in [3.63, 3.8) is 0 Å². The summed E-state index contributed by atoms with van der Waals surface area (Å²) in [5.74, 6) is 0. The molecule has 1 aliphatic heterocycles. The van der Waals surface area contributed by atoms with Crippen LogP contribution in [0.3, 0.4) is 0 Å². The van der Waals surface area contributed by atoms with Crippen molar-refractivity contribution in [2.24, 2.45) is 5.41 Å². The minimum Gasteiger partial charge on any atom is -0.337 e. The van der Waals surface area contributed by atoms with Crippen molar-refractivity contribution in [1.29, 1.82) is 0 Å². The van der Waals surface area contributed by atoms with Gasteiger partial charge in [-0.05, 0) is 38.4 Å². The molecule has 15 heavy (non-hydrogen) atoms. The molecule has 0 aromatic carbocycles. The highest BCUT2D eigenvalue weighted by molar-refractivity contribution is 5.73. The van der Waals surface area contributed by atoms with Crippen LogP contribution in [0.2, 0.25) is 0 Å². The van der Waals surface area contributed by atoms with Gasteiger partial charge in [0.2, 0.25) is 0 Å². The van der Waals surface area contributed by atoms with Gasteiger partial charge in [0.25, 0.3) is 0 Å². The average Bonchev–Trinajstić information content (AvgIpc) is 2.19. The third-order valence-corrected chi connectivity index (χ3v) is 3.27. The maximum atomic E-state index is 11.4. The molecule has 0 unspecified atom stereocenters. The first-order chi connectivity index (χ1) is 6.93. The summed E-state index contributed by atoms with van der Waals surface area (Å²) >= 11 is 0. The lowest BCUT2D eigenvalue weighted by atomic mass is 9.80. The molecule has 0 aromatic rings. The number of urea groups is 1. The number of hydrogen-bond donors (Lipinski definition) is 1. The molecule has 4 nitrogen and oxygen atoms in total. The Morgan fingerprint density at radius 2 is 1.93 bits per heavy atom. The van der Waals surface area contributed by atoms with E-state index in [4.69, 9.17) is 0 Å². The molecule has 0 bridgehead atoms. The average molecular weight is 213 g/mol. The molecule has 0 atom stereocenters. The standard InChI is InChI=1S/C11H23N3O/c1-11(5-7-14(4)8-6-11)9-12-10(15)13(2)3/h5-9H2,1-4H3,(H,12,15). The molecule has 1 N–H and O–H groups in total. The first-order valence-electron chi connectivity index (χ1n) is 5.57. The van der Waals surface area contributed by atoms with Crippen molar-refractivity contribution >= 4 is 6.03 Å². The zero-order valence-corrected chi connectivity index (χ0v) is 10.3. The van der Waals surface area contributed by atoms with Gasteiger partial charge in [0.15, 0.2) is 0 Å². The SMILES string of the molecule is CN1CCC(C)(CNC(=O)N(C)C)CC1. The molecule has 0 aromatic heterocycles. The number of carbonyl (C=O) groups is 1. The molecular weight excluding hydrogens is 190 g/mol. The maximum absolute atomic E-state index is 11.4. The Bertz CT molecular complexity index is 220. The van der Waals surface area contributed by atoms with Crippen LogP contribution in [0.4, 0.5) is 4.79 Å². The summed E-state index contributed by atoms with van der Waals surface area (Å²) in [7, 11) is 5.69. The number of carbonyl (C=O) groups excluding carboxylic acids is 1. The number of rotatable bonds is 2. The second kappa shape index (κ2) is 4.84. The summed E-state index contributed by atoms with van der Waals surface area (Å²) in [5.41, 5.74) is 0.276. The maximum Gasteiger partial charge on any atom is 0.316 e. The second-order valence-electron chi connectivity index (χ2n) is 5.17. The summed E-state index contributed by atoms with van der Waals surface area (Å²) in [4.78, 5) is 15.3. The van der Waals surface area contributed by atoms with Gasteiger partial charge in [0.05, 0.1) is 0 Å². The minimum absolute atomic E-state index is 0.00940. The van der Waals surface area contributed by atoms with Gasteiger partial charge in [-0.2, -0.15) is 0 Å². The smallest absolute Gasteiger partial charge is 0.316 e. The van der Waals surface area contributed by atoms with Gasteiger partial charge >= 0.3 is 6.03 Å². The molecule has 1 fully saturated rings. The number of piperidine rings is 1. The lowest BCUT2D eigenvalue weighted by Crippen LogP contribution is -2.45. The van der Waals surface area contributed by atoms with Gasteiger partial charge in [0, 0.05) is 20.6 Å². The molecule has 0 radical (unpaired) electrons. The van der Waals surface area contributed by atoms with Crippen LogP contribution < -0.4 is 5.32 Å². The third-order valence-electron chi connectivity index (χ3n) is 3.27. The van der Waals surface area contributed by atoms with E-state index in [1.807, 2.05) is 0 Å². The molecule has 4 heteroatoms. The lowest BCUT2D eigenvalue weighted by molar-refractivity contribution is 0.135. The summed E-state index contributed by atoms with van der Waals surface area (Å²) in [5, 5.41) is 2.98. The fourth-order valence-electron chi connectivity index (χ4n) is 1.78. The first-order valence-corrected chi connectivity index (χ1v) is 5.57. The van der Waals surface area contributed by atoms with E-state index in [0.717, 1.165) is 32.5 Å². The first kappa shape index (κ1) is 12.3. The van der Waals surface area contributed by atoms with Crippen LogP contribution in [-0.2, 0) is 0 Å². The van der Waals surface area contributed by atoms with Gasteiger partial charge in [-0.3, -0.25) is 0 Å². The monoisotopic (exact) mass is 213 g/mol. The summed E-state index contributed by atoms with van der Waals surface area (Å²) in [6, 6.07) is 0.00940. The van der Waals surface area contributed by atoms with Gasteiger partial charge in [-0.25, -0.2) is 4.79 Å². The number of hydrogen-bond acceptors (Lipinski definition) is 2. The number of nitrogens with zero attached hydrogens (tertiary/aromatic N) is 2. The molecular formula is C11H23N3O. The molecule has 0 spiro atoms. The Morgan fingerprint density at radius 1 is 1.40 bits per heavy atom. The van der Waals surface area contributed by atoms with Crippen LogP contribution in [0.5, 0.6) is 0 Å². The van der Waals surface area contributed by atoms with E-state index < -0.39 is 0 Å². The molecule has 0 saturated carbocycles. The van der Waals surface area contributed by atoms with Crippen molar-refractivity contribution in [2.45, 2.75) is 19.8 Å². The quantitative estimate of drug-likeness (QED) is 0.742. The van der Waals surface area contributed by atoms with Crippen molar-refractivity contribution in [2.75, 3.05) is 40.8 Å². The number of likely N-dealkylation sites (tertiary alicyclic amines) is 1. The zero-order valence-electron chi connectivity index (χ0n) is 10.3. The van der Waals surface area contributed by atoms with E-state index in [9.17, 15) is 4.79 Å². The third kappa shape index (κ3) is 3.70. The summed E-state index contributed by atoms with van der Waals surface area (Å²) < 4.78 is 0. The largest absolute Gasteiger partial charge is 0.337 e. The van der Waals surface area contributed by atoms with Crippen LogP contribution in [0.1, 0.15) is 19.8 Å². The van der Waals surface area contributed by atoms with E-state index in [1.165, 1.54) is 0 Å². The van der Waals surface area contributed by atoms with E-state index in [0.29, 0.717) is 0 Å². The normalized spacial score (nSPS) is 21.1. The number of amides is 2. The number of nitrogens with one attached hydrogen (secondary N) is 1. The zero-order chi connectivity index (χ0) is 11.5. The minimum atomic E-state index is 0.00940. The van der Waals surface area contributed by atoms with Crippen LogP contribution in [-0.4, -0.2) is 56.6 Å². The highest BCUT2D eigenvalue weighted by atomic mass is 16.2. The molecule has 88 valence electrons. The highest BCUT2D eigenvalue weighted by Gasteiger charge is 2.29. The van der Waals surface area contributed by atoms with Gasteiger partial charge in [0.1, 0.15) is 0 Å². The van der Waals surface area contributed by atoms with Crippen LogP contribution in [0.15, 0.2) is 0 Å². The van der Waals surface area contributed by atoms with Crippen LogP contribution in [0, 0.1) is 5.41 Å². The topological polar surface area (TPSA) is 35.6 Å². The fourth-order valence-corrected chi connectivity index (χ4v) is 1.78. The second-order valence-corrected chi connectivity index (χ2v) is 5.17. The van der Waals surface area contributed by atoms with Crippen LogP contribution in [0.25, 0.3) is 0 Å². The molecule has 1 heterocycles. The van der Waals surface area contributed by atoms with E-state index >= 15 is 0 Å². The van der Waals surface area contributed by atoms with Crippen LogP contribution >= 0.6 is 0 Å². The Labute approximate surface area is 92.6 Å².